The monoisotopic (exact) mass is 240 g/mol. The highest BCUT2D eigenvalue weighted by molar-refractivity contribution is 6.51. The molecule has 0 amide bonds. The molecule has 1 aromatic rings. The Labute approximate surface area is 101 Å². The smallest absolute Gasteiger partial charge is 0.0913 e. The molecule has 0 fully saturated rings. The number of fused-ring (bicyclic) bond motifs is 1. The highest BCUT2D eigenvalue weighted by Crippen LogP contribution is 2.50. The fourth-order valence-corrected chi connectivity index (χ4v) is 2.59. The highest BCUT2D eigenvalue weighted by Gasteiger charge is 2.37. The van der Waals surface area contributed by atoms with Crippen LogP contribution in [0.5, 0.6) is 0 Å². The summed E-state index contributed by atoms with van der Waals surface area (Å²) < 4.78 is -0.819. The van der Waals surface area contributed by atoms with Gasteiger partial charge in [-0.15, -0.1) is 0 Å². The molecule has 1 aliphatic carbocycles. The zero-order valence-electron chi connectivity index (χ0n) is 8.93. The Morgan fingerprint density at radius 2 is 1.87 bits per heavy atom. The topological polar surface area (TPSA) is 0 Å². The molecule has 80 valence electrons. The molecule has 0 radical (unpaired) electrons. The molecule has 0 spiro atoms. The molecule has 0 aromatic heterocycles. The number of hydrogen-bond acceptors (Lipinski definition) is 0. The van der Waals surface area contributed by atoms with Gasteiger partial charge in [0.2, 0.25) is 0 Å². The molecule has 2 rings (SSSR count). The number of halogens is 2. The molecule has 1 aromatic carbocycles. The molecule has 0 saturated carbocycles. The van der Waals surface area contributed by atoms with E-state index in [9.17, 15) is 0 Å². The average Bonchev–Trinajstić information content (AvgIpc) is 2.39. The lowest BCUT2D eigenvalue weighted by Gasteiger charge is -2.20. The van der Waals surface area contributed by atoms with E-state index in [1.807, 2.05) is 18.2 Å². The summed E-state index contributed by atoms with van der Waals surface area (Å²) in [6.07, 6.45) is 3.07. The minimum Gasteiger partial charge on any atom is -0.0913 e. The van der Waals surface area contributed by atoms with Gasteiger partial charge in [0.05, 0.1) is 0 Å². The summed E-state index contributed by atoms with van der Waals surface area (Å²) in [5, 5.41) is 0. The van der Waals surface area contributed by atoms with Crippen LogP contribution in [0.25, 0.3) is 6.08 Å². The van der Waals surface area contributed by atoms with Crippen LogP contribution >= 0.6 is 23.2 Å². The maximum Gasteiger partial charge on any atom is 0.165 e. The Bertz CT molecular complexity index is 403. The van der Waals surface area contributed by atoms with Crippen LogP contribution in [0.4, 0.5) is 0 Å². The number of rotatable bonds is 2. The van der Waals surface area contributed by atoms with Crippen LogP contribution < -0.4 is 0 Å². The molecular weight excluding hydrogens is 227 g/mol. The molecule has 0 aliphatic heterocycles. The van der Waals surface area contributed by atoms with Gasteiger partial charge in [0, 0.05) is 0 Å². The van der Waals surface area contributed by atoms with E-state index in [4.69, 9.17) is 23.2 Å². The van der Waals surface area contributed by atoms with E-state index in [1.165, 1.54) is 0 Å². The number of benzene rings is 1. The van der Waals surface area contributed by atoms with Crippen molar-refractivity contribution in [2.75, 3.05) is 0 Å². The van der Waals surface area contributed by atoms with Crippen LogP contribution in [-0.2, 0) is 4.33 Å². The van der Waals surface area contributed by atoms with Crippen LogP contribution in [0.15, 0.2) is 29.8 Å². The van der Waals surface area contributed by atoms with Gasteiger partial charge in [-0.2, -0.15) is 0 Å². The van der Waals surface area contributed by atoms with Gasteiger partial charge in [-0.05, 0) is 29.0 Å². The lowest BCUT2D eigenvalue weighted by molar-refractivity contribution is 0.628. The summed E-state index contributed by atoms with van der Waals surface area (Å²) in [6, 6.07) is 8.04. The second-order valence-corrected chi connectivity index (χ2v) is 5.76. The predicted molar refractivity (Wildman–Crippen MR) is 67.3 cm³/mol. The summed E-state index contributed by atoms with van der Waals surface area (Å²) in [5.74, 6) is 0.572. The van der Waals surface area contributed by atoms with E-state index in [0.717, 1.165) is 23.1 Å². The van der Waals surface area contributed by atoms with E-state index in [0.29, 0.717) is 5.92 Å². The van der Waals surface area contributed by atoms with Crippen LogP contribution in [0.3, 0.4) is 0 Å². The first-order valence-electron chi connectivity index (χ1n) is 5.20. The number of alkyl halides is 2. The van der Waals surface area contributed by atoms with E-state index < -0.39 is 4.33 Å². The van der Waals surface area contributed by atoms with Gasteiger partial charge in [-0.3, -0.25) is 0 Å². The van der Waals surface area contributed by atoms with Crippen LogP contribution in [0.1, 0.15) is 31.4 Å². The quantitative estimate of drug-likeness (QED) is 0.655. The first kappa shape index (κ1) is 11.0. The van der Waals surface area contributed by atoms with Crippen molar-refractivity contribution in [3.8, 4) is 0 Å². The van der Waals surface area contributed by atoms with Crippen molar-refractivity contribution in [1.29, 1.82) is 0 Å². The van der Waals surface area contributed by atoms with Crippen molar-refractivity contribution in [2.45, 2.75) is 24.6 Å². The second kappa shape index (κ2) is 3.84. The van der Waals surface area contributed by atoms with E-state index in [1.54, 1.807) is 0 Å². The molecular formula is C13H14Cl2. The fourth-order valence-electron chi connectivity index (χ4n) is 1.99. The van der Waals surface area contributed by atoms with Crippen molar-refractivity contribution < 1.29 is 0 Å². The first-order chi connectivity index (χ1) is 7.01. The Morgan fingerprint density at radius 1 is 1.20 bits per heavy atom. The molecule has 0 unspecified atom stereocenters. The second-order valence-electron chi connectivity index (χ2n) is 4.43. The summed E-state index contributed by atoms with van der Waals surface area (Å²) in [5.41, 5.74) is 3.28. The van der Waals surface area contributed by atoms with Crippen molar-refractivity contribution in [3.05, 3.63) is 41.0 Å². The standard InChI is InChI=1S/C13H14Cl2/c1-9(2)7-11-8-10-5-3-4-6-12(10)13(11,14)15/h3-6,8-9H,7H2,1-2H3. The Hall–Kier alpha value is -0.460. The van der Waals surface area contributed by atoms with E-state index in [-0.39, 0.29) is 0 Å². The largest absolute Gasteiger partial charge is 0.165 e. The normalized spacial score (nSPS) is 17.8. The third-order valence-corrected chi connectivity index (χ3v) is 3.55. The Balaban J connectivity index is 2.40. The molecule has 2 heteroatoms. The van der Waals surface area contributed by atoms with Crippen molar-refractivity contribution in [3.63, 3.8) is 0 Å². The SMILES string of the molecule is CC(C)CC1=Cc2ccccc2C1(Cl)Cl. The lowest BCUT2D eigenvalue weighted by atomic mass is 10.0. The van der Waals surface area contributed by atoms with Gasteiger partial charge >= 0.3 is 0 Å². The van der Waals surface area contributed by atoms with Crippen LogP contribution in [0, 0.1) is 5.92 Å². The zero-order valence-corrected chi connectivity index (χ0v) is 10.4. The van der Waals surface area contributed by atoms with E-state index >= 15 is 0 Å². The highest BCUT2D eigenvalue weighted by atomic mass is 35.5. The minimum absolute atomic E-state index is 0.572. The third-order valence-electron chi connectivity index (χ3n) is 2.66. The minimum atomic E-state index is -0.819. The zero-order chi connectivity index (χ0) is 11.1. The maximum atomic E-state index is 6.41. The molecule has 15 heavy (non-hydrogen) atoms. The summed E-state index contributed by atoms with van der Waals surface area (Å²) in [4.78, 5) is 0. The fraction of sp³-hybridized carbons (Fsp3) is 0.385. The van der Waals surface area contributed by atoms with Crippen molar-refractivity contribution in [2.24, 2.45) is 5.92 Å². The Kier molecular flexibility index (Phi) is 2.83. The van der Waals surface area contributed by atoms with Crippen LogP contribution in [0.2, 0.25) is 0 Å². The molecule has 0 saturated heterocycles. The number of hydrogen-bond donors (Lipinski definition) is 0. The van der Waals surface area contributed by atoms with Crippen molar-refractivity contribution in [1.82, 2.24) is 0 Å². The van der Waals surface area contributed by atoms with Gasteiger partial charge in [0.1, 0.15) is 0 Å². The average molecular weight is 241 g/mol. The van der Waals surface area contributed by atoms with Gasteiger partial charge < -0.3 is 0 Å². The molecule has 0 atom stereocenters. The van der Waals surface area contributed by atoms with Gasteiger partial charge in [0.15, 0.2) is 4.33 Å². The number of allylic oxidation sites excluding steroid dienone is 1. The predicted octanol–water partition coefficient (Wildman–Crippen LogP) is 4.76. The maximum absolute atomic E-state index is 6.41. The molecule has 1 aliphatic rings. The van der Waals surface area contributed by atoms with Gasteiger partial charge in [0.25, 0.3) is 0 Å². The third kappa shape index (κ3) is 1.93. The van der Waals surface area contributed by atoms with Crippen LogP contribution in [-0.4, -0.2) is 0 Å². The Morgan fingerprint density at radius 3 is 2.47 bits per heavy atom. The summed E-state index contributed by atoms with van der Waals surface area (Å²) >= 11 is 12.8. The molecule has 0 heterocycles. The lowest BCUT2D eigenvalue weighted by Crippen LogP contribution is -2.11. The summed E-state index contributed by atoms with van der Waals surface area (Å²) in [6.45, 7) is 4.35. The molecule has 0 N–H and O–H groups in total. The van der Waals surface area contributed by atoms with E-state index in [2.05, 4.69) is 26.0 Å². The van der Waals surface area contributed by atoms with Gasteiger partial charge in [-0.25, -0.2) is 0 Å². The van der Waals surface area contributed by atoms with Crippen molar-refractivity contribution >= 4 is 29.3 Å². The first-order valence-corrected chi connectivity index (χ1v) is 5.96. The molecule has 0 nitrogen and oxygen atoms in total. The van der Waals surface area contributed by atoms with Gasteiger partial charge in [-0.1, -0.05) is 67.4 Å². The molecule has 0 bridgehead atoms. The summed E-state index contributed by atoms with van der Waals surface area (Å²) in [7, 11) is 0.